The molecule has 0 spiro atoms. The minimum absolute atomic E-state index is 0.276. The number of aromatic amines is 1. The molecule has 3 rings (SSSR count). The molecule has 0 saturated carbocycles. The summed E-state index contributed by atoms with van der Waals surface area (Å²) in [4.78, 5) is 26.9. The lowest BCUT2D eigenvalue weighted by Gasteiger charge is -2.06. The SMILES string of the molecule is CCOC(=O)c1c(N)sc(C)c1-c1ccc2[nH]c(=O)oc2c1. The van der Waals surface area contributed by atoms with Gasteiger partial charge < -0.3 is 14.9 Å². The average molecular weight is 318 g/mol. The smallest absolute Gasteiger partial charge is 0.417 e. The number of benzene rings is 1. The normalized spacial score (nSPS) is 11.0. The molecule has 0 aliphatic carbocycles. The summed E-state index contributed by atoms with van der Waals surface area (Å²) < 4.78 is 10.2. The number of ether oxygens (including phenoxy) is 1. The zero-order chi connectivity index (χ0) is 15.9. The number of hydrogen-bond acceptors (Lipinski definition) is 6. The molecule has 1 aromatic carbocycles. The third-order valence-electron chi connectivity index (χ3n) is 3.30. The van der Waals surface area contributed by atoms with Gasteiger partial charge in [-0.3, -0.25) is 4.98 Å². The fraction of sp³-hybridized carbons (Fsp3) is 0.200. The van der Waals surface area contributed by atoms with E-state index in [4.69, 9.17) is 14.9 Å². The number of anilines is 1. The van der Waals surface area contributed by atoms with Crippen molar-refractivity contribution in [2.45, 2.75) is 13.8 Å². The second-order valence-electron chi connectivity index (χ2n) is 4.72. The number of esters is 1. The Morgan fingerprint density at radius 1 is 1.45 bits per heavy atom. The predicted molar refractivity (Wildman–Crippen MR) is 85.3 cm³/mol. The van der Waals surface area contributed by atoms with E-state index < -0.39 is 11.7 Å². The monoisotopic (exact) mass is 318 g/mol. The zero-order valence-corrected chi connectivity index (χ0v) is 12.9. The lowest BCUT2D eigenvalue weighted by atomic mass is 10.0. The minimum Gasteiger partial charge on any atom is -0.462 e. The van der Waals surface area contributed by atoms with E-state index in [2.05, 4.69) is 4.98 Å². The Bertz CT molecular complexity index is 919. The van der Waals surface area contributed by atoms with Crippen LogP contribution in [0.5, 0.6) is 0 Å². The van der Waals surface area contributed by atoms with Crippen molar-refractivity contribution >= 4 is 33.4 Å². The van der Waals surface area contributed by atoms with Crippen LogP contribution in [-0.4, -0.2) is 17.6 Å². The van der Waals surface area contributed by atoms with Crippen LogP contribution < -0.4 is 11.5 Å². The summed E-state index contributed by atoms with van der Waals surface area (Å²) >= 11 is 1.33. The van der Waals surface area contributed by atoms with Gasteiger partial charge in [-0.2, -0.15) is 0 Å². The molecule has 0 amide bonds. The summed E-state index contributed by atoms with van der Waals surface area (Å²) in [6, 6.07) is 5.26. The van der Waals surface area contributed by atoms with E-state index in [9.17, 15) is 9.59 Å². The average Bonchev–Trinajstić information content (AvgIpc) is 2.96. The summed E-state index contributed by atoms with van der Waals surface area (Å²) in [5.74, 6) is -0.964. The number of aromatic nitrogens is 1. The van der Waals surface area contributed by atoms with Crippen LogP contribution in [0.3, 0.4) is 0 Å². The Labute approximate surface area is 129 Å². The molecule has 0 aliphatic heterocycles. The summed E-state index contributed by atoms with van der Waals surface area (Å²) in [6.07, 6.45) is 0. The van der Waals surface area contributed by atoms with Crippen molar-refractivity contribution in [2.24, 2.45) is 0 Å². The van der Waals surface area contributed by atoms with Crippen molar-refractivity contribution in [2.75, 3.05) is 12.3 Å². The Morgan fingerprint density at radius 3 is 2.95 bits per heavy atom. The maximum atomic E-state index is 12.2. The molecule has 0 aliphatic rings. The number of nitrogens with two attached hydrogens (primary N) is 1. The number of rotatable bonds is 3. The number of oxazole rings is 1. The number of aryl methyl sites for hydroxylation is 1. The van der Waals surface area contributed by atoms with E-state index in [0.29, 0.717) is 27.2 Å². The van der Waals surface area contributed by atoms with Crippen molar-refractivity contribution in [3.63, 3.8) is 0 Å². The third-order valence-corrected chi connectivity index (χ3v) is 4.24. The molecule has 22 heavy (non-hydrogen) atoms. The fourth-order valence-corrected chi connectivity index (χ4v) is 3.36. The van der Waals surface area contributed by atoms with E-state index in [1.54, 1.807) is 19.1 Å². The highest BCUT2D eigenvalue weighted by Crippen LogP contribution is 2.39. The van der Waals surface area contributed by atoms with Gasteiger partial charge in [0.25, 0.3) is 0 Å². The zero-order valence-electron chi connectivity index (χ0n) is 12.1. The number of carbonyl (C=O) groups excluding carboxylic acids is 1. The molecular formula is C15H14N2O4S. The number of H-pyrrole nitrogens is 1. The third kappa shape index (κ3) is 2.29. The maximum absolute atomic E-state index is 12.2. The maximum Gasteiger partial charge on any atom is 0.417 e. The fourth-order valence-electron chi connectivity index (χ4n) is 2.42. The summed E-state index contributed by atoms with van der Waals surface area (Å²) in [5.41, 5.74) is 8.83. The van der Waals surface area contributed by atoms with Gasteiger partial charge in [0.1, 0.15) is 10.6 Å². The van der Waals surface area contributed by atoms with Crippen molar-refractivity contribution in [3.05, 3.63) is 39.2 Å². The Morgan fingerprint density at radius 2 is 2.23 bits per heavy atom. The van der Waals surface area contributed by atoms with Gasteiger partial charge in [0, 0.05) is 10.4 Å². The summed E-state index contributed by atoms with van der Waals surface area (Å²) in [6.45, 7) is 3.91. The first kappa shape index (κ1) is 14.4. The minimum atomic E-state index is -0.515. The van der Waals surface area contributed by atoms with Gasteiger partial charge in [-0.25, -0.2) is 9.59 Å². The highest BCUT2D eigenvalue weighted by Gasteiger charge is 2.23. The first-order valence-electron chi connectivity index (χ1n) is 6.70. The van der Waals surface area contributed by atoms with Gasteiger partial charge >= 0.3 is 11.7 Å². The molecule has 0 unspecified atom stereocenters. The van der Waals surface area contributed by atoms with E-state index in [-0.39, 0.29) is 6.61 Å². The standard InChI is InChI=1S/C15H14N2O4S/c1-3-20-14(18)12-11(7(2)22-13(12)16)8-4-5-9-10(6-8)21-15(19)17-9/h4-6H,3,16H2,1-2H3,(H,17,19). The van der Waals surface area contributed by atoms with Crippen molar-refractivity contribution in [1.29, 1.82) is 0 Å². The van der Waals surface area contributed by atoms with Crippen LogP contribution in [0.15, 0.2) is 27.4 Å². The Hall–Kier alpha value is -2.54. The van der Waals surface area contributed by atoms with Crippen molar-refractivity contribution in [3.8, 4) is 11.1 Å². The van der Waals surface area contributed by atoms with Gasteiger partial charge in [-0.15, -0.1) is 11.3 Å². The number of nitrogen functional groups attached to an aromatic ring is 1. The summed E-state index contributed by atoms with van der Waals surface area (Å²) in [7, 11) is 0. The van der Waals surface area contributed by atoms with E-state index >= 15 is 0 Å². The van der Waals surface area contributed by atoms with Gasteiger partial charge in [0.15, 0.2) is 5.58 Å². The second-order valence-corrected chi connectivity index (χ2v) is 5.97. The van der Waals surface area contributed by atoms with Crippen LogP contribution in [0.25, 0.3) is 22.2 Å². The quantitative estimate of drug-likeness (QED) is 0.723. The van der Waals surface area contributed by atoms with Gasteiger partial charge in [-0.05, 0) is 31.5 Å². The van der Waals surface area contributed by atoms with Gasteiger partial charge in [0.2, 0.25) is 0 Å². The molecule has 0 atom stereocenters. The molecule has 2 heterocycles. The first-order chi connectivity index (χ1) is 10.5. The lowest BCUT2D eigenvalue weighted by molar-refractivity contribution is 0.0529. The molecule has 7 heteroatoms. The van der Waals surface area contributed by atoms with Crippen LogP contribution in [-0.2, 0) is 4.74 Å². The predicted octanol–water partition coefficient (Wildman–Crippen LogP) is 2.92. The Kier molecular flexibility index (Phi) is 3.50. The van der Waals surface area contributed by atoms with Crippen LogP contribution >= 0.6 is 11.3 Å². The van der Waals surface area contributed by atoms with Crippen molar-refractivity contribution < 1.29 is 13.9 Å². The van der Waals surface area contributed by atoms with E-state index in [1.807, 2.05) is 13.0 Å². The number of carbonyl (C=O) groups is 1. The number of nitrogens with one attached hydrogen (secondary N) is 1. The molecule has 3 N–H and O–H groups in total. The second kappa shape index (κ2) is 5.34. The molecule has 3 aromatic rings. The highest BCUT2D eigenvalue weighted by molar-refractivity contribution is 7.16. The van der Waals surface area contributed by atoms with Gasteiger partial charge in [-0.1, -0.05) is 6.07 Å². The summed E-state index contributed by atoms with van der Waals surface area (Å²) in [5, 5.41) is 0.418. The molecule has 0 bridgehead atoms. The molecule has 0 fully saturated rings. The largest absolute Gasteiger partial charge is 0.462 e. The highest BCUT2D eigenvalue weighted by atomic mass is 32.1. The number of thiophene rings is 1. The van der Waals surface area contributed by atoms with Crippen LogP contribution in [0.2, 0.25) is 0 Å². The lowest BCUT2D eigenvalue weighted by Crippen LogP contribution is -2.07. The number of fused-ring (bicyclic) bond motifs is 1. The first-order valence-corrected chi connectivity index (χ1v) is 7.52. The molecular weight excluding hydrogens is 304 g/mol. The van der Waals surface area contributed by atoms with Crippen molar-refractivity contribution in [1.82, 2.24) is 4.98 Å². The van der Waals surface area contributed by atoms with Gasteiger partial charge in [0.05, 0.1) is 12.1 Å². The van der Waals surface area contributed by atoms with E-state index in [0.717, 1.165) is 10.4 Å². The topological polar surface area (TPSA) is 98.3 Å². The van der Waals surface area contributed by atoms with Crippen LogP contribution in [0.1, 0.15) is 22.2 Å². The van der Waals surface area contributed by atoms with Crippen LogP contribution in [0, 0.1) is 6.92 Å². The molecule has 0 saturated heterocycles. The molecule has 114 valence electrons. The van der Waals surface area contributed by atoms with E-state index in [1.165, 1.54) is 11.3 Å². The molecule has 2 aromatic heterocycles. The molecule has 0 radical (unpaired) electrons. The van der Waals surface area contributed by atoms with Crippen LogP contribution in [0.4, 0.5) is 5.00 Å². The number of hydrogen-bond donors (Lipinski definition) is 2. The Balaban J connectivity index is 2.20. The molecule has 6 nitrogen and oxygen atoms in total.